The van der Waals surface area contributed by atoms with Crippen molar-refractivity contribution in [2.45, 2.75) is 25.3 Å². The molecule has 0 spiro atoms. The highest BCUT2D eigenvalue weighted by molar-refractivity contribution is 9.10. The Bertz CT molecular complexity index is 338. The number of alkyl halides is 1. The zero-order valence-corrected chi connectivity index (χ0v) is 12.2. The minimum atomic E-state index is 0.142. The van der Waals surface area contributed by atoms with Crippen molar-refractivity contribution in [2.24, 2.45) is 0 Å². The molecule has 0 bridgehead atoms. The number of hydrogen-bond donors (Lipinski definition) is 0. The normalized spacial score (nSPS) is 10.5. The topological polar surface area (TPSA) is 18.5 Å². The summed E-state index contributed by atoms with van der Waals surface area (Å²) in [6.07, 6.45) is 0.142. The summed E-state index contributed by atoms with van der Waals surface area (Å²) < 4.78 is 11.9. The number of halogens is 2. The van der Waals surface area contributed by atoms with Crippen molar-refractivity contribution in [1.29, 1.82) is 0 Å². The lowest BCUT2D eigenvalue weighted by molar-refractivity contribution is 0.230. The van der Waals surface area contributed by atoms with E-state index in [1.54, 1.807) is 7.11 Å². The summed E-state index contributed by atoms with van der Waals surface area (Å²) in [5.74, 6) is 1.53. The second kappa shape index (κ2) is 5.75. The van der Waals surface area contributed by atoms with Gasteiger partial charge in [0.05, 0.1) is 13.2 Å². The summed E-state index contributed by atoms with van der Waals surface area (Å²) in [5, 5.41) is 0.784. The van der Waals surface area contributed by atoms with Crippen LogP contribution >= 0.6 is 31.9 Å². The summed E-state index contributed by atoms with van der Waals surface area (Å²) in [5.41, 5.74) is 1.14. The van der Waals surface area contributed by atoms with Gasteiger partial charge in [0.15, 0.2) is 11.5 Å². The van der Waals surface area contributed by atoms with Gasteiger partial charge >= 0.3 is 0 Å². The maximum atomic E-state index is 5.67. The van der Waals surface area contributed by atoms with E-state index >= 15 is 0 Å². The van der Waals surface area contributed by atoms with E-state index in [2.05, 4.69) is 31.9 Å². The van der Waals surface area contributed by atoms with Crippen molar-refractivity contribution < 1.29 is 9.47 Å². The van der Waals surface area contributed by atoms with Gasteiger partial charge in [-0.2, -0.15) is 0 Å². The van der Waals surface area contributed by atoms with Crippen molar-refractivity contribution in [3.63, 3.8) is 0 Å². The fourth-order valence-electron chi connectivity index (χ4n) is 1.19. The van der Waals surface area contributed by atoms with E-state index < -0.39 is 0 Å². The average molecular weight is 338 g/mol. The average Bonchev–Trinajstić information content (AvgIpc) is 2.19. The quantitative estimate of drug-likeness (QED) is 0.769. The Morgan fingerprint density at radius 1 is 1.27 bits per heavy atom. The summed E-state index contributed by atoms with van der Waals surface area (Å²) in [7, 11) is 1.64. The van der Waals surface area contributed by atoms with Gasteiger partial charge < -0.3 is 9.47 Å². The summed E-state index contributed by atoms with van der Waals surface area (Å²) in [6, 6.07) is 3.91. The van der Waals surface area contributed by atoms with E-state index in [1.807, 2.05) is 26.0 Å². The van der Waals surface area contributed by atoms with Crippen molar-refractivity contribution >= 4 is 31.9 Å². The number of methoxy groups -OCH3 is 1. The Morgan fingerprint density at radius 2 is 1.93 bits per heavy atom. The standard InChI is InChI=1S/C11H14Br2O2/c1-7(2)15-11-4-8(6-12)9(13)5-10(11)14-3/h4-5,7H,6H2,1-3H3. The number of hydrogen-bond acceptors (Lipinski definition) is 2. The third-order valence-electron chi connectivity index (χ3n) is 1.84. The molecule has 1 aromatic rings. The summed E-state index contributed by atoms with van der Waals surface area (Å²) in [6.45, 7) is 3.99. The molecule has 0 heterocycles. The third kappa shape index (κ3) is 3.38. The first-order valence-corrected chi connectivity index (χ1v) is 6.59. The predicted molar refractivity (Wildman–Crippen MR) is 69.1 cm³/mol. The van der Waals surface area contributed by atoms with Gasteiger partial charge in [0.1, 0.15) is 0 Å². The van der Waals surface area contributed by atoms with Crippen LogP contribution in [0.5, 0.6) is 11.5 Å². The van der Waals surface area contributed by atoms with Crippen LogP contribution in [0.2, 0.25) is 0 Å². The molecule has 0 aliphatic rings. The lowest BCUT2D eigenvalue weighted by Gasteiger charge is -2.15. The van der Waals surface area contributed by atoms with E-state index in [4.69, 9.17) is 9.47 Å². The largest absolute Gasteiger partial charge is 0.493 e. The van der Waals surface area contributed by atoms with Crippen LogP contribution in [0.25, 0.3) is 0 Å². The molecule has 0 amide bonds. The minimum absolute atomic E-state index is 0.142. The van der Waals surface area contributed by atoms with Crippen LogP contribution in [-0.2, 0) is 5.33 Å². The molecular weight excluding hydrogens is 324 g/mol. The molecule has 0 aliphatic carbocycles. The maximum absolute atomic E-state index is 5.67. The Balaban J connectivity index is 3.10. The van der Waals surface area contributed by atoms with Crippen LogP contribution in [0.15, 0.2) is 16.6 Å². The van der Waals surface area contributed by atoms with E-state index in [1.165, 1.54) is 0 Å². The molecule has 0 radical (unpaired) electrons. The van der Waals surface area contributed by atoms with Crippen LogP contribution in [0.4, 0.5) is 0 Å². The van der Waals surface area contributed by atoms with E-state index in [0.717, 1.165) is 26.9 Å². The SMILES string of the molecule is COc1cc(Br)c(CBr)cc1OC(C)C. The van der Waals surface area contributed by atoms with Crippen molar-refractivity contribution in [3.05, 3.63) is 22.2 Å². The number of ether oxygens (including phenoxy) is 2. The molecule has 2 nitrogen and oxygen atoms in total. The highest BCUT2D eigenvalue weighted by atomic mass is 79.9. The van der Waals surface area contributed by atoms with Crippen LogP contribution in [0, 0.1) is 0 Å². The van der Waals surface area contributed by atoms with Crippen LogP contribution in [0.3, 0.4) is 0 Å². The first-order valence-electron chi connectivity index (χ1n) is 4.67. The summed E-state index contributed by atoms with van der Waals surface area (Å²) >= 11 is 6.91. The molecule has 0 saturated heterocycles. The van der Waals surface area contributed by atoms with E-state index in [-0.39, 0.29) is 6.10 Å². The Hall–Kier alpha value is -0.220. The van der Waals surface area contributed by atoms with Gasteiger partial charge in [-0.25, -0.2) is 0 Å². The van der Waals surface area contributed by atoms with Crippen LogP contribution in [0.1, 0.15) is 19.4 Å². The molecule has 0 saturated carbocycles. The Morgan fingerprint density at radius 3 is 2.40 bits per heavy atom. The van der Waals surface area contributed by atoms with Crippen LogP contribution < -0.4 is 9.47 Å². The number of benzene rings is 1. The van der Waals surface area contributed by atoms with Crippen molar-refractivity contribution in [3.8, 4) is 11.5 Å². The zero-order chi connectivity index (χ0) is 11.4. The first-order chi connectivity index (χ1) is 7.08. The molecular formula is C11H14Br2O2. The molecule has 4 heteroatoms. The second-order valence-corrected chi connectivity index (χ2v) is 4.81. The number of rotatable bonds is 4. The second-order valence-electron chi connectivity index (χ2n) is 3.39. The van der Waals surface area contributed by atoms with Gasteiger partial charge in [0.2, 0.25) is 0 Å². The molecule has 1 aromatic carbocycles. The van der Waals surface area contributed by atoms with Crippen LogP contribution in [-0.4, -0.2) is 13.2 Å². The van der Waals surface area contributed by atoms with Crippen molar-refractivity contribution in [2.75, 3.05) is 7.11 Å². The fraction of sp³-hybridized carbons (Fsp3) is 0.455. The third-order valence-corrected chi connectivity index (χ3v) is 3.18. The fourth-order valence-corrected chi connectivity index (χ4v) is 2.49. The molecule has 84 valence electrons. The van der Waals surface area contributed by atoms with Gasteiger partial charge in [0, 0.05) is 9.80 Å². The van der Waals surface area contributed by atoms with E-state index in [0.29, 0.717) is 0 Å². The molecule has 0 unspecified atom stereocenters. The predicted octanol–water partition coefficient (Wildman–Crippen LogP) is 4.14. The molecule has 0 aromatic heterocycles. The molecule has 15 heavy (non-hydrogen) atoms. The minimum Gasteiger partial charge on any atom is -0.493 e. The monoisotopic (exact) mass is 336 g/mol. The molecule has 0 atom stereocenters. The molecule has 0 aliphatic heterocycles. The van der Waals surface area contributed by atoms with Gasteiger partial charge in [-0.05, 0) is 31.5 Å². The van der Waals surface area contributed by atoms with Crippen molar-refractivity contribution in [1.82, 2.24) is 0 Å². The summed E-state index contributed by atoms with van der Waals surface area (Å²) in [4.78, 5) is 0. The lowest BCUT2D eigenvalue weighted by Crippen LogP contribution is -2.07. The zero-order valence-electron chi connectivity index (χ0n) is 9.01. The van der Waals surface area contributed by atoms with Gasteiger partial charge in [-0.1, -0.05) is 31.9 Å². The molecule has 0 fully saturated rings. The Labute approximate surface area is 107 Å². The maximum Gasteiger partial charge on any atom is 0.161 e. The first kappa shape index (κ1) is 12.8. The molecule has 1 rings (SSSR count). The lowest BCUT2D eigenvalue weighted by atomic mass is 10.2. The van der Waals surface area contributed by atoms with Gasteiger partial charge in [0.25, 0.3) is 0 Å². The highest BCUT2D eigenvalue weighted by Crippen LogP contribution is 2.34. The van der Waals surface area contributed by atoms with Gasteiger partial charge in [-0.15, -0.1) is 0 Å². The van der Waals surface area contributed by atoms with Gasteiger partial charge in [-0.3, -0.25) is 0 Å². The Kier molecular flexibility index (Phi) is 4.93. The smallest absolute Gasteiger partial charge is 0.161 e. The molecule has 0 N–H and O–H groups in total. The highest BCUT2D eigenvalue weighted by Gasteiger charge is 2.10. The van der Waals surface area contributed by atoms with E-state index in [9.17, 15) is 0 Å².